The third-order valence-corrected chi connectivity index (χ3v) is 6.31. The summed E-state index contributed by atoms with van der Waals surface area (Å²) in [5, 5.41) is 1.10. The van der Waals surface area contributed by atoms with Crippen LogP contribution in [-0.4, -0.2) is 5.91 Å². The van der Waals surface area contributed by atoms with Gasteiger partial charge in [-0.05, 0) is 74.5 Å². The lowest BCUT2D eigenvalue weighted by Gasteiger charge is -2.55. The molecule has 4 aliphatic carbocycles. The molecular weight excluding hydrogens is 319 g/mol. The van der Waals surface area contributed by atoms with Crippen molar-refractivity contribution in [2.45, 2.75) is 38.5 Å². The fourth-order valence-corrected chi connectivity index (χ4v) is 5.69. The molecule has 4 bridgehead atoms. The van der Waals surface area contributed by atoms with E-state index >= 15 is 0 Å². The Hall–Kier alpha value is -0.930. The molecule has 22 heavy (non-hydrogen) atoms. The van der Waals surface area contributed by atoms with Crippen molar-refractivity contribution in [2.24, 2.45) is 23.2 Å². The van der Waals surface area contributed by atoms with Crippen LogP contribution in [0.4, 0.5) is 5.69 Å². The number of carbonyl (C=O) groups is 1. The summed E-state index contributed by atoms with van der Waals surface area (Å²) in [5.74, 6) is 2.42. The highest BCUT2D eigenvalue weighted by molar-refractivity contribution is 6.36. The third kappa shape index (κ3) is 2.48. The number of hydrogen-bond acceptors (Lipinski definition) is 2. The lowest BCUT2D eigenvalue weighted by molar-refractivity contribution is -0.145. The molecule has 0 saturated heterocycles. The molecule has 4 aliphatic rings. The zero-order valence-corrected chi connectivity index (χ0v) is 13.9. The van der Waals surface area contributed by atoms with E-state index in [9.17, 15) is 4.79 Å². The van der Waals surface area contributed by atoms with E-state index in [2.05, 4.69) is 10.9 Å². The Bertz CT molecular complexity index is 581. The predicted octanol–water partition coefficient (Wildman–Crippen LogP) is 4.65. The van der Waals surface area contributed by atoms with Gasteiger partial charge in [-0.3, -0.25) is 15.6 Å². The van der Waals surface area contributed by atoms with Gasteiger partial charge in [-0.2, -0.15) is 0 Å². The monoisotopic (exact) mass is 338 g/mol. The highest BCUT2D eigenvalue weighted by Gasteiger charge is 2.54. The van der Waals surface area contributed by atoms with Crippen LogP contribution in [0.1, 0.15) is 38.5 Å². The average Bonchev–Trinajstić information content (AvgIpc) is 2.44. The average molecular weight is 339 g/mol. The second-order valence-corrected chi connectivity index (χ2v) is 8.24. The van der Waals surface area contributed by atoms with Crippen LogP contribution in [0, 0.1) is 23.2 Å². The minimum absolute atomic E-state index is 0.137. The van der Waals surface area contributed by atoms with Gasteiger partial charge in [0.2, 0.25) is 5.91 Å². The summed E-state index contributed by atoms with van der Waals surface area (Å²) in [5.41, 5.74) is 6.41. The Morgan fingerprint density at radius 3 is 2.18 bits per heavy atom. The topological polar surface area (TPSA) is 41.1 Å². The van der Waals surface area contributed by atoms with E-state index in [1.807, 2.05) is 0 Å². The lowest BCUT2D eigenvalue weighted by Crippen LogP contribution is -2.54. The number of hydrogen-bond donors (Lipinski definition) is 2. The van der Waals surface area contributed by atoms with Gasteiger partial charge in [0, 0.05) is 5.02 Å². The first-order valence-corrected chi connectivity index (χ1v) is 8.81. The molecule has 0 aliphatic heterocycles. The maximum absolute atomic E-state index is 12.8. The molecule has 0 spiro atoms. The second kappa shape index (κ2) is 5.31. The number of amides is 1. The van der Waals surface area contributed by atoms with Crippen molar-refractivity contribution in [2.75, 3.05) is 5.43 Å². The van der Waals surface area contributed by atoms with E-state index in [4.69, 9.17) is 23.2 Å². The normalized spacial score (nSPS) is 35.5. The summed E-state index contributed by atoms with van der Waals surface area (Å²) in [6.45, 7) is 0. The van der Waals surface area contributed by atoms with Crippen molar-refractivity contribution < 1.29 is 4.79 Å². The van der Waals surface area contributed by atoms with Crippen LogP contribution in [0.5, 0.6) is 0 Å². The molecule has 0 aromatic heterocycles. The molecule has 1 aromatic rings. The molecule has 1 amide bonds. The van der Waals surface area contributed by atoms with Gasteiger partial charge in [-0.15, -0.1) is 0 Å². The van der Waals surface area contributed by atoms with E-state index < -0.39 is 0 Å². The number of halogens is 2. The molecule has 118 valence electrons. The quantitative estimate of drug-likeness (QED) is 0.787. The summed E-state index contributed by atoms with van der Waals surface area (Å²) >= 11 is 12.0. The molecule has 4 fully saturated rings. The van der Waals surface area contributed by atoms with E-state index in [0.717, 1.165) is 37.0 Å². The summed E-state index contributed by atoms with van der Waals surface area (Å²) < 4.78 is 0. The standard InChI is InChI=1S/C17H20Cl2N2O/c18-13-1-2-15(14(19)6-13)20-21-16(22)17-7-10-3-11(8-17)5-12(4-10)9-17/h1-2,6,10-12,20H,3-5,7-9H2,(H,21,22). The fourth-order valence-electron chi connectivity index (χ4n) is 5.24. The van der Waals surface area contributed by atoms with Crippen molar-refractivity contribution in [1.29, 1.82) is 0 Å². The minimum atomic E-state index is -0.152. The molecule has 3 nitrogen and oxygen atoms in total. The van der Waals surface area contributed by atoms with E-state index in [0.29, 0.717) is 15.7 Å². The molecule has 1 aromatic carbocycles. The van der Waals surface area contributed by atoms with Crippen LogP contribution >= 0.6 is 23.2 Å². The summed E-state index contributed by atoms with van der Waals surface area (Å²) in [6, 6.07) is 5.21. The summed E-state index contributed by atoms with van der Waals surface area (Å²) in [4.78, 5) is 12.8. The van der Waals surface area contributed by atoms with Crippen molar-refractivity contribution in [3.8, 4) is 0 Å². The number of nitrogens with one attached hydrogen (secondary N) is 2. The Labute approximate surface area is 140 Å². The van der Waals surface area contributed by atoms with Crippen molar-refractivity contribution in [3.63, 3.8) is 0 Å². The zero-order chi connectivity index (χ0) is 15.3. The van der Waals surface area contributed by atoms with E-state index in [-0.39, 0.29) is 11.3 Å². The maximum Gasteiger partial charge on any atom is 0.244 e. The molecule has 0 radical (unpaired) electrons. The molecule has 0 unspecified atom stereocenters. The van der Waals surface area contributed by atoms with Crippen LogP contribution in [-0.2, 0) is 4.79 Å². The van der Waals surface area contributed by atoms with Crippen LogP contribution in [0.15, 0.2) is 18.2 Å². The molecule has 0 heterocycles. The van der Waals surface area contributed by atoms with Gasteiger partial charge < -0.3 is 0 Å². The van der Waals surface area contributed by atoms with E-state index in [1.54, 1.807) is 18.2 Å². The zero-order valence-electron chi connectivity index (χ0n) is 12.4. The molecule has 5 rings (SSSR count). The number of carbonyl (C=O) groups excluding carboxylic acids is 1. The largest absolute Gasteiger partial charge is 0.297 e. The molecule has 5 heteroatoms. The van der Waals surface area contributed by atoms with Crippen molar-refractivity contribution in [1.82, 2.24) is 5.43 Å². The van der Waals surface area contributed by atoms with Gasteiger partial charge in [0.1, 0.15) is 0 Å². The smallest absolute Gasteiger partial charge is 0.244 e. The number of hydrazine groups is 1. The van der Waals surface area contributed by atoms with E-state index in [1.165, 1.54) is 19.3 Å². The second-order valence-electron chi connectivity index (χ2n) is 7.40. The highest BCUT2D eigenvalue weighted by atomic mass is 35.5. The predicted molar refractivity (Wildman–Crippen MR) is 88.8 cm³/mol. The van der Waals surface area contributed by atoms with Gasteiger partial charge in [0.25, 0.3) is 0 Å². The van der Waals surface area contributed by atoms with Crippen molar-refractivity contribution >= 4 is 34.8 Å². The molecule has 2 N–H and O–H groups in total. The first-order chi connectivity index (χ1) is 10.5. The summed E-state index contributed by atoms with van der Waals surface area (Å²) in [6.07, 6.45) is 7.18. The van der Waals surface area contributed by atoms with Crippen LogP contribution in [0.2, 0.25) is 10.0 Å². The van der Waals surface area contributed by atoms with Gasteiger partial charge in [0.05, 0.1) is 16.1 Å². The Morgan fingerprint density at radius 2 is 1.64 bits per heavy atom. The van der Waals surface area contributed by atoms with Gasteiger partial charge in [0.15, 0.2) is 0 Å². The molecule has 4 saturated carbocycles. The third-order valence-electron chi connectivity index (χ3n) is 5.76. The maximum atomic E-state index is 12.8. The fraction of sp³-hybridized carbons (Fsp3) is 0.588. The van der Waals surface area contributed by atoms with Crippen molar-refractivity contribution in [3.05, 3.63) is 28.2 Å². The van der Waals surface area contributed by atoms with Gasteiger partial charge in [-0.25, -0.2) is 0 Å². The van der Waals surface area contributed by atoms with Crippen LogP contribution in [0.25, 0.3) is 0 Å². The molecular formula is C17H20Cl2N2O. The van der Waals surface area contributed by atoms with Crippen LogP contribution < -0.4 is 10.9 Å². The number of benzene rings is 1. The first-order valence-electron chi connectivity index (χ1n) is 8.06. The lowest BCUT2D eigenvalue weighted by atomic mass is 9.49. The van der Waals surface area contributed by atoms with Gasteiger partial charge in [-0.1, -0.05) is 23.2 Å². The minimum Gasteiger partial charge on any atom is -0.297 e. The van der Waals surface area contributed by atoms with Gasteiger partial charge >= 0.3 is 0 Å². The van der Waals surface area contributed by atoms with Crippen LogP contribution in [0.3, 0.4) is 0 Å². The number of rotatable bonds is 3. The Kier molecular flexibility index (Phi) is 3.54. The highest BCUT2D eigenvalue weighted by Crippen LogP contribution is 2.60. The first kappa shape index (κ1) is 14.6. The Balaban J connectivity index is 1.46. The Morgan fingerprint density at radius 1 is 1.05 bits per heavy atom. The number of anilines is 1. The molecule has 0 atom stereocenters. The summed E-state index contributed by atoms with van der Waals surface area (Å²) in [7, 11) is 0. The SMILES string of the molecule is O=C(NNc1ccc(Cl)cc1Cl)C12CC3CC(CC(C3)C1)C2.